The van der Waals surface area contributed by atoms with Gasteiger partial charge in [0, 0.05) is 5.69 Å². The smallest absolute Gasteiger partial charge is 0.244 e. The van der Waals surface area contributed by atoms with Crippen molar-refractivity contribution in [2.75, 3.05) is 5.32 Å². The molecule has 1 aliphatic rings. The van der Waals surface area contributed by atoms with E-state index in [1.54, 1.807) is 0 Å². The number of hydrogen-bond donors (Lipinski definition) is 2. The molecule has 2 rings (SSSR count). The average molecular weight is 232 g/mol. The van der Waals surface area contributed by atoms with Gasteiger partial charge >= 0.3 is 0 Å². The van der Waals surface area contributed by atoms with Gasteiger partial charge in [0.05, 0.1) is 5.54 Å². The van der Waals surface area contributed by atoms with E-state index in [2.05, 4.69) is 5.32 Å². The van der Waals surface area contributed by atoms with E-state index in [0.717, 1.165) is 24.1 Å². The third kappa shape index (κ3) is 2.34. The molecule has 0 radical (unpaired) electrons. The van der Waals surface area contributed by atoms with Crippen LogP contribution in [0.25, 0.3) is 0 Å². The topological polar surface area (TPSA) is 55.1 Å². The van der Waals surface area contributed by atoms with Crippen LogP contribution in [0.3, 0.4) is 0 Å². The predicted octanol–water partition coefficient (Wildman–Crippen LogP) is 2.37. The summed E-state index contributed by atoms with van der Waals surface area (Å²) in [5, 5.41) is 2.95. The second kappa shape index (κ2) is 4.15. The van der Waals surface area contributed by atoms with Gasteiger partial charge in [0.15, 0.2) is 0 Å². The molecule has 1 aliphatic carbocycles. The zero-order valence-electron chi connectivity index (χ0n) is 10.7. The van der Waals surface area contributed by atoms with Gasteiger partial charge in [-0.2, -0.15) is 0 Å². The number of carbonyl (C=O) groups excluding carboxylic acids is 1. The largest absolute Gasteiger partial charge is 0.324 e. The Morgan fingerprint density at radius 3 is 2.65 bits per heavy atom. The summed E-state index contributed by atoms with van der Waals surface area (Å²) in [6.45, 7) is 5.87. The van der Waals surface area contributed by atoms with Crippen molar-refractivity contribution in [2.24, 2.45) is 11.7 Å². The Balaban J connectivity index is 2.15. The third-order valence-corrected chi connectivity index (χ3v) is 3.77. The van der Waals surface area contributed by atoms with Gasteiger partial charge in [0.1, 0.15) is 0 Å². The summed E-state index contributed by atoms with van der Waals surface area (Å²) in [5.41, 5.74) is 8.50. The zero-order chi connectivity index (χ0) is 12.6. The van der Waals surface area contributed by atoms with Gasteiger partial charge < -0.3 is 11.1 Å². The van der Waals surface area contributed by atoms with Crippen molar-refractivity contribution >= 4 is 11.6 Å². The molecule has 1 fully saturated rings. The molecule has 3 N–H and O–H groups in total. The minimum Gasteiger partial charge on any atom is -0.324 e. The SMILES string of the molecule is Cc1cccc(NC(=O)C(C)(N)C2CC2)c1C. The second-order valence-corrected chi connectivity index (χ2v) is 5.26. The zero-order valence-corrected chi connectivity index (χ0v) is 10.7. The van der Waals surface area contributed by atoms with E-state index in [4.69, 9.17) is 5.73 Å². The summed E-state index contributed by atoms with van der Waals surface area (Å²) < 4.78 is 0. The van der Waals surface area contributed by atoms with Crippen molar-refractivity contribution < 1.29 is 4.79 Å². The van der Waals surface area contributed by atoms with Crippen molar-refractivity contribution in [3.05, 3.63) is 29.3 Å². The predicted molar refractivity (Wildman–Crippen MR) is 69.9 cm³/mol. The lowest BCUT2D eigenvalue weighted by Crippen LogP contribution is -2.50. The van der Waals surface area contributed by atoms with Crippen LogP contribution >= 0.6 is 0 Å². The molecule has 0 heterocycles. The fourth-order valence-electron chi connectivity index (χ4n) is 2.01. The monoisotopic (exact) mass is 232 g/mol. The summed E-state index contributed by atoms with van der Waals surface area (Å²) in [6.07, 6.45) is 2.13. The van der Waals surface area contributed by atoms with E-state index in [-0.39, 0.29) is 5.91 Å². The van der Waals surface area contributed by atoms with Crippen molar-refractivity contribution in [1.29, 1.82) is 0 Å². The number of nitrogens with two attached hydrogens (primary N) is 1. The molecule has 0 aromatic heterocycles. The minimum absolute atomic E-state index is 0.0753. The normalized spacial score (nSPS) is 18.6. The fourth-order valence-corrected chi connectivity index (χ4v) is 2.01. The lowest BCUT2D eigenvalue weighted by molar-refractivity contribution is -0.121. The molecule has 0 bridgehead atoms. The van der Waals surface area contributed by atoms with Gasteiger partial charge in [-0.05, 0) is 56.7 Å². The molecule has 3 nitrogen and oxygen atoms in total. The van der Waals surface area contributed by atoms with Crippen LogP contribution in [-0.2, 0) is 4.79 Å². The molecule has 1 atom stereocenters. The van der Waals surface area contributed by atoms with Crippen molar-refractivity contribution in [2.45, 2.75) is 39.2 Å². The molecule has 0 aliphatic heterocycles. The van der Waals surface area contributed by atoms with E-state index in [1.807, 2.05) is 39.0 Å². The Bertz CT molecular complexity index is 448. The summed E-state index contributed by atoms with van der Waals surface area (Å²) in [6, 6.07) is 5.90. The standard InChI is InChI=1S/C14H20N2O/c1-9-5-4-6-12(10(9)2)16-13(17)14(3,15)11-7-8-11/h4-6,11H,7-8,15H2,1-3H3,(H,16,17). The first-order valence-electron chi connectivity index (χ1n) is 6.09. The summed E-state index contributed by atoms with van der Waals surface area (Å²) in [5.74, 6) is 0.265. The maximum atomic E-state index is 12.1. The second-order valence-electron chi connectivity index (χ2n) is 5.26. The summed E-state index contributed by atoms with van der Waals surface area (Å²) in [7, 11) is 0. The van der Waals surface area contributed by atoms with Crippen LogP contribution in [0.1, 0.15) is 30.9 Å². The van der Waals surface area contributed by atoms with E-state index in [1.165, 1.54) is 5.56 Å². The maximum absolute atomic E-state index is 12.1. The number of hydrogen-bond acceptors (Lipinski definition) is 2. The van der Waals surface area contributed by atoms with Crippen molar-refractivity contribution in [1.82, 2.24) is 0 Å². The quantitative estimate of drug-likeness (QED) is 0.840. The highest BCUT2D eigenvalue weighted by atomic mass is 16.2. The molecule has 1 amide bonds. The number of rotatable bonds is 3. The van der Waals surface area contributed by atoms with Crippen LogP contribution in [-0.4, -0.2) is 11.4 Å². The number of anilines is 1. The number of amides is 1. The Hall–Kier alpha value is -1.35. The van der Waals surface area contributed by atoms with Gasteiger partial charge in [-0.25, -0.2) is 0 Å². The van der Waals surface area contributed by atoms with Crippen LogP contribution in [0.15, 0.2) is 18.2 Å². The molecular weight excluding hydrogens is 212 g/mol. The molecule has 17 heavy (non-hydrogen) atoms. The minimum atomic E-state index is -0.740. The van der Waals surface area contributed by atoms with Crippen molar-refractivity contribution in [3.63, 3.8) is 0 Å². The van der Waals surface area contributed by atoms with Crippen LogP contribution < -0.4 is 11.1 Å². The lowest BCUT2D eigenvalue weighted by Gasteiger charge is -2.24. The molecule has 1 saturated carbocycles. The van der Waals surface area contributed by atoms with E-state index >= 15 is 0 Å². The van der Waals surface area contributed by atoms with Gasteiger partial charge in [0.25, 0.3) is 0 Å². The molecule has 0 spiro atoms. The van der Waals surface area contributed by atoms with E-state index in [0.29, 0.717) is 5.92 Å². The Kier molecular flexibility index (Phi) is 2.96. The average Bonchev–Trinajstić information content (AvgIpc) is 3.08. The van der Waals surface area contributed by atoms with Gasteiger partial charge in [-0.1, -0.05) is 12.1 Å². The van der Waals surface area contributed by atoms with E-state index < -0.39 is 5.54 Å². The summed E-state index contributed by atoms with van der Waals surface area (Å²) >= 11 is 0. The molecule has 3 heteroatoms. The highest BCUT2D eigenvalue weighted by Crippen LogP contribution is 2.38. The van der Waals surface area contributed by atoms with Crippen LogP contribution in [0.4, 0.5) is 5.69 Å². The molecular formula is C14H20N2O. The first kappa shape index (κ1) is 12.1. The maximum Gasteiger partial charge on any atom is 0.244 e. The van der Waals surface area contributed by atoms with Crippen LogP contribution in [0.2, 0.25) is 0 Å². The molecule has 1 aromatic rings. The molecule has 92 valence electrons. The molecule has 1 unspecified atom stereocenters. The highest BCUT2D eigenvalue weighted by Gasteiger charge is 2.44. The van der Waals surface area contributed by atoms with Crippen LogP contribution in [0.5, 0.6) is 0 Å². The van der Waals surface area contributed by atoms with Crippen molar-refractivity contribution in [3.8, 4) is 0 Å². The first-order valence-corrected chi connectivity index (χ1v) is 6.09. The van der Waals surface area contributed by atoms with Gasteiger partial charge in [-0.3, -0.25) is 4.79 Å². The lowest BCUT2D eigenvalue weighted by atomic mass is 9.96. The fraction of sp³-hybridized carbons (Fsp3) is 0.500. The van der Waals surface area contributed by atoms with E-state index in [9.17, 15) is 4.79 Å². The molecule has 1 aromatic carbocycles. The van der Waals surface area contributed by atoms with Gasteiger partial charge in [0.2, 0.25) is 5.91 Å². The van der Waals surface area contributed by atoms with Crippen LogP contribution in [0, 0.1) is 19.8 Å². The number of aryl methyl sites for hydroxylation is 1. The number of carbonyl (C=O) groups is 1. The molecule has 0 saturated heterocycles. The Labute approximate surface area is 102 Å². The number of benzene rings is 1. The number of nitrogens with one attached hydrogen (secondary N) is 1. The first-order chi connectivity index (χ1) is 7.93. The highest BCUT2D eigenvalue weighted by molar-refractivity contribution is 5.98. The Morgan fingerprint density at radius 2 is 2.06 bits per heavy atom. The third-order valence-electron chi connectivity index (χ3n) is 3.77. The van der Waals surface area contributed by atoms with Gasteiger partial charge in [-0.15, -0.1) is 0 Å². The Morgan fingerprint density at radius 1 is 1.41 bits per heavy atom. The summed E-state index contributed by atoms with van der Waals surface area (Å²) in [4.78, 5) is 12.1.